The molecule has 53 heavy (non-hydrogen) atoms. The first-order valence-electron chi connectivity index (χ1n) is 20.1. The lowest BCUT2D eigenvalue weighted by molar-refractivity contribution is -0.140. The lowest BCUT2D eigenvalue weighted by Crippen LogP contribution is -2.20. The lowest BCUT2D eigenvalue weighted by atomic mass is 9.72. The Bertz CT molecular complexity index is 3810. The van der Waals surface area contributed by atoms with Crippen LogP contribution in [0.25, 0.3) is 103 Å². The smallest absolute Gasteiger partial charge is 0.305 e. The van der Waals surface area contributed by atoms with Crippen molar-refractivity contribution in [1.29, 1.82) is 0 Å². The van der Waals surface area contributed by atoms with Crippen LogP contribution in [-0.2, 0) is 39.6 Å². The zero-order valence-electron chi connectivity index (χ0n) is 29.1. The number of methoxy groups -OCH3 is 1. The molecule has 0 amide bonds. The maximum Gasteiger partial charge on any atom is 0.305 e. The van der Waals surface area contributed by atoms with Gasteiger partial charge in [-0.2, -0.15) is 0 Å². The highest BCUT2D eigenvalue weighted by molar-refractivity contribution is 6.60. The second-order valence-electron chi connectivity index (χ2n) is 18.7. The minimum Gasteiger partial charge on any atom is -0.469 e. The Hall–Kier alpha value is -5.47. The summed E-state index contributed by atoms with van der Waals surface area (Å²) >= 11 is 0. The van der Waals surface area contributed by atoms with Crippen LogP contribution < -0.4 is 5.22 Å². The standard InChI is InChI=1S/C51H28O2/c1-53-27(52)8-5-9-50(25-6-3-2-4-7-25)49-26-16-23-14-20-12-21-11-18-10-19-13-22-15-24-17-51(49,50)48-34(24)39-33(22)38-29(19)28(18)36-32(21)37-30(20)31(23)40-35(26)47(48)46-44(39)42(38)41(36)43(37)45(40)46/h2-4,6-7,12-13,15-18,28,49H,5,8-11,14H2,1H3. The SMILES string of the molecule is COC(=O)CCCC1(c2ccccc2)C2c3cc4c5c6c(cc7c8c9c%10c%11c%12c%13c(cc%14cc%15c%16c(c%17c3c5c(c%10c86)c%17c%11c%16c%14%12)C21C=%15)CC(C7)C%139)C4. The highest BCUT2D eigenvalue weighted by Gasteiger charge is 2.79. The molecule has 1 spiro atoms. The lowest BCUT2D eigenvalue weighted by Gasteiger charge is -2.30. The number of rotatable bonds is 5. The van der Waals surface area contributed by atoms with Crippen LogP contribution in [0.1, 0.15) is 81.2 Å². The molecule has 18 rings (SSSR count). The van der Waals surface area contributed by atoms with Crippen molar-refractivity contribution in [3.63, 3.8) is 0 Å². The molecule has 11 aromatic carbocycles. The Labute approximate surface area is 301 Å². The van der Waals surface area contributed by atoms with Gasteiger partial charge in [-0.3, -0.25) is 4.79 Å². The van der Waals surface area contributed by atoms with Crippen LogP contribution in [0.4, 0.5) is 0 Å². The zero-order valence-corrected chi connectivity index (χ0v) is 29.1. The Balaban J connectivity index is 1.17. The molecule has 1 saturated carbocycles. The Morgan fingerprint density at radius 3 is 2.26 bits per heavy atom. The summed E-state index contributed by atoms with van der Waals surface area (Å²) in [7, 11) is 1.54. The number of carbonyl (C=O) groups excluding carboxylic acids is 1. The van der Waals surface area contributed by atoms with Crippen molar-refractivity contribution in [1.82, 2.24) is 0 Å². The molecule has 0 bridgehead atoms. The van der Waals surface area contributed by atoms with E-state index in [1.54, 1.807) is 136 Å². The van der Waals surface area contributed by atoms with E-state index in [9.17, 15) is 4.79 Å². The van der Waals surface area contributed by atoms with Gasteiger partial charge in [0.15, 0.2) is 0 Å². The molecule has 0 N–H and O–H groups in total. The van der Waals surface area contributed by atoms with Gasteiger partial charge in [-0.1, -0.05) is 54.6 Å². The number of hydrogen-bond donors (Lipinski definition) is 0. The molecule has 0 heterocycles. The summed E-state index contributed by atoms with van der Waals surface area (Å²) in [5.41, 5.74) is 14.3. The van der Waals surface area contributed by atoms with E-state index < -0.39 is 0 Å². The summed E-state index contributed by atoms with van der Waals surface area (Å²) in [4.78, 5) is 12.7. The largest absolute Gasteiger partial charge is 0.469 e. The third-order valence-corrected chi connectivity index (χ3v) is 17.4. The normalized spacial score (nSPS) is 27.2. The van der Waals surface area contributed by atoms with E-state index in [0.717, 1.165) is 19.3 Å². The van der Waals surface area contributed by atoms with E-state index in [4.69, 9.17) is 4.74 Å². The predicted octanol–water partition coefficient (Wildman–Crippen LogP) is 10.5. The fraction of sp³-hybridized carbons (Fsp3) is 0.235. The highest BCUT2D eigenvalue weighted by atomic mass is 16.5. The van der Waals surface area contributed by atoms with Crippen molar-refractivity contribution < 1.29 is 9.53 Å². The van der Waals surface area contributed by atoms with Crippen molar-refractivity contribution in [3.8, 4) is 0 Å². The third kappa shape index (κ3) is 1.91. The minimum absolute atomic E-state index is 0.0961. The average molecular weight is 673 g/mol. The van der Waals surface area contributed by atoms with Crippen molar-refractivity contribution in [2.45, 2.75) is 61.2 Å². The number of carbonyl (C=O) groups is 1. The zero-order chi connectivity index (χ0) is 33.5. The van der Waals surface area contributed by atoms with Crippen LogP contribution in [0, 0.1) is 5.92 Å². The molecular formula is C51H28O2. The molecule has 2 heteroatoms. The van der Waals surface area contributed by atoms with E-state index >= 15 is 0 Å². The van der Waals surface area contributed by atoms with Crippen LogP contribution in [0.2, 0.25) is 0 Å². The molecular weight excluding hydrogens is 645 g/mol. The summed E-state index contributed by atoms with van der Waals surface area (Å²) in [6, 6.07) is 22.2. The predicted molar refractivity (Wildman–Crippen MR) is 214 cm³/mol. The summed E-state index contributed by atoms with van der Waals surface area (Å²) in [5.74, 6) is 1.45. The van der Waals surface area contributed by atoms with Crippen LogP contribution in [0.15, 0.2) is 54.6 Å². The average Bonchev–Trinajstić information content (AvgIpc) is 3.86. The molecule has 0 aromatic heterocycles. The number of hydrogen-bond acceptors (Lipinski definition) is 2. The van der Waals surface area contributed by atoms with Gasteiger partial charge < -0.3 is 4.74 Å². The number of esters is 1. The quantitative estimate of drug-likeness (QED) is 0.134. The van der Waals surface area contributed by atoms with Crippen molar-refractivity contribution in [2.75, 3.05) is 7.11 Å². The van der Waals surface area contributed by atoms with Gasteiger partial charge in [-0.25, -0.2) is 0 Å². The molecule has 2 nitrogen and oxygen atoms in total. The van der Waals surface area contributed by atoms with Gasteiger partial charge >= 0.3 is 5.97 Å². The van der Waals surface area contributed by atoms with Gasteiger partial charge in [0.05, 0.1) is 7.11 Å². The molecule has 1 fully saturated rings. The second kappa shape index (κ2) is 6.75. The number of ether oxygens (including phenoxy) is 1. The Kier molecular flexibility index (Phi) is 3.15. The molecule has 244 valence electrons. The summed E-state index contributed by atoms with van der Waals surface area (Å²) in [6.45, 7) is 0. The van der Waals surface area contributed by atoms with Crippen LogP contribution in [0.3, 0.4) is 0 Å². The molecule has 5 atom stereocenters. The minimum atomic E-state index is -0.144. The van der Waals surface area contributed by atoms with Gasteiger partial charge in [0, 0.05) is 29.1 Å². The van der Waals surface area contributed by atoms with Gasteiger partial charge in [0.2, 0.25) is 0 Å². The van der Waals surface area contributed by atoms with E-state index in [2.05, 4.69) is 60.7 Å². The van der Waals surface area contributed by atoms with E-state index in [0.29, 0.717) is 24.2 Å². The Morgan fingerprint density at radius 1 is 0.679 bits per heavy atom. The second-order valence-corrected chi connectivity index (χ2v) is 18.7. The third-order valence-electron chi connectivity index (χ3n) is 17.4. The molecule has 11 aromatic rings. The van der Waals surface area contributed by atoms with Crippen LogP contribution in [0.5, 0.6) is 0 Å². The van der Waals surface area contributed by atoms with Gasteiger partial charge in [-0.15, -0.1) is 0 Å². The topological polar surface area (TPSA) is 26.3 Å². The van der Waals surface area contributed by atoms with Crippen molar-refractivity contribution in [2.24, 2.45) is 5.92 Å². The maximum atomic E-state index is 12.7. The first kappa shape index (κ1) is 24.7. The fourth-order valence-corrected chi connectivity index (χ4v) is 16.5. The highest BCUT2D eigenvalue weighted by Crippen LogP contribution is 2.84. The molecule has 0 aliphatic heterocycles. The summed E-state index contributed by atoms with van der Waals surface area (Å²) < 4.78 is 5.23. The van der Waals surface area contributed by atoms with Crippen LogP contribution in [-0.4, -0.2) is 13.1 Å². The van der Waals surface area contributed by atoms with E-state index in [1.807, 2.05) is 0 Å². The molecule has 7 aliphatic rings. The molecule has 7 aliphatic carbocycles. The van der Waals surface area contributed by atoms with Crippen LogP contribution >= 0.6 is 0 Å². The van der Waals surface area contributed by atoms with Gasteiger partial charge in [0.25, 0.3) is 0 Å². The first-order valence-corrected chi connectivity index (χ1v) is 20.1. The summed E-state index contributed by atoms with van der Waals surface area (Å²) in [5, 5.41) is 30.4. The number of fused-ring (bicyclic) bond motifs is 1. The maximum absolute atomic E-state index is 12.7. The molecule has 5 unspecified atom stereocenters. The molecule has 0 saturated heterocycles. The first-order chi connectivity index (χ1) is 26.2. The van der Waals surface area contributed by atoms with Crippen molar-refractivity contribution >= 4 is 109 Å². The molecule has 0 radical (unpaired) electrons. The Morgan fingerprint density at radius 2 is 1.40 bits per heavy atom. The number of benzene rings is 8. The van der Waals surface area contributed by atoms with Gasteiger partial charge in [0.1, 0.15) is 0 Å². The van der Waals surface area contributed by atoms with Crippen molar-refractivity contribution in [3.05, 3.63) is 110 Å². The van der Waals surface area contributed by atoms with E-state index in [-0.39, 0.29) is 16.8 Å². The monoisotopic (exact) mass is 672 g/mol. The van der Waals surface area contributed by atoms with E-state index in [1.165, 1.54) is 36.1 Å². The summed E-state index contributed by atoms with van der Waals surface area (Å²) in [6.07, 6.45) is 8.52. The van der Waals surface area contributed by atoms with Gasteiger partial charge in [-0.05, 0) is 196 Å². The fourth-order valence-electron chi connectivity index (χ4n) is 16.5.